The molecule has 3 rings (SSSR count). The van der Waals surface area contributed by atoms with Gasteiger partial charge in [0.2, 0.25) is 5.91 Å². The number of hydrogen-bond donors (Lipinski definition) is 3. The number of nitrogens with one attached hydrogen (secondary N) is 3. The smallest absolute Gasteiger partial charge is 0.227 e. The lowest BCUT2D eigenvalue weighted by molar-refractivity contribution is -0.121. The quantitative estimate of drug-likeness (QED) is 0.763. The molecule has 1 saturated heterocycles. The Bertz CT molecular complexity index is 573. The number of nitrogens with zero attached hydrogens (tertiary/aromatic N) is 1. The van der Waals surface area contributed by atoms with Crippen LogP contribution in [0.5, 0.6) is 0 Å². The fourth-order valence-corrected chi connectivity index (χ4v) is 2.16. The van der Waals surface area contributed by atoms with E-state index in [4.69, 9.17) is 0 Å². The Labute approximate surface area is 105 Å². The lowest BCUT2D eigenvalue weighted by Gasteiger charge is -2.31. The van der Waals surface area contributed by atoms with Crippen molar-refractivity contribution in [2.24, 2.45) is 11.8 Å². The van der Waals surface area contributed by atoms with E-state index >= 15 is 0 Å². The van der Waals surface area contributed by atoms with Crippen LogP contribution in [0.15, 0.2) is 24.4 Å². The maximum Gasteiger partial charge on any atom is 0.227 e. The van der Waals surface area contributed by atoms with Gasteiger partial charge in [-0.25, -0.2) is 0 Å². The van der Waals surface area contributed by atoms with Gasteiger partial charge in [-0.15, -0.1) is 0 Å². The van der Waals surface area contributed by atoms with Crippen LogP contribution in [0.25, 0.3) is 10.9 Å². The third kappa shape index (κ3) is 1.97. The topological polar surface area (TPSA) is 69.8 Å². The minimum absolute atomic E-state index is 0.0475. The first-order valence-corrected chi connectivity index (χ1v) is 6.19. The van der Waals surface area contributed by atoms with Gasteiger partial charge in [0.05, 0.1) is 11.7 Å². The van der Waals surface area contributed by atoms with Crippen LogP contribution in [0.3, 0.4) is 0 Å². The number of anilines is 1. The molecule has 1 aromatic carbocycles. The maximum absolute atomic E-state index is 12.1. The fourth-order valence-electron chi connectivity index (χ4n) is 2.16. The zero-order chi connectivity index (χ0) is 12.5. The van der Waals surface area contributed by atoms with E-state index in [1.165, 1.54) is 0 Å². The van der Waals surface area contributed by atoms with Crippen molar-refractivity contribution >= 4 is 22.5 Å². The summed E-state index contributed by atoms with van der Waals surface area (Å²) >= 11 is 0. The Balaban J connectivity index is 1.72. The molecule has 0 aliphatic carbocycles. The van der Waals surface area contributed by atoms with Crippen molar-refractivity contribution in [3.8, 4) is 0 Å². The van der Waals surface area contributed by atoms with Gasteiger partial charge in [0, 0.05) is 17.0 Å². The lowest BCUT2D eigenvalue weighted by atomic mass is 9.88. The molecule has 0 saturated carbocycles. The summed E-state index contributed by atoms with van der Waals surface area (Å²) < 4.78 is 0. The minimum Gasteiger partial charge on any atom is -0.326 e. The predicted molar refractivity (Wildman–Crippen MR) is 70.2 cm³/mol. The SMILES string of the molecule is CC(C(=O)Nc1ccc2[nH]ncc2c1)C1CNC1. The van der Waals surface area contributed by atoms with Crippen molar-refractivity contribution in [2.45, 2.75) is 6.92 Å². The van der Waals surface area contributed by atoms with Crippen LogP contribution in [0.1, 0.15) is 6.92 Å². The molecule has 5 heteroatoms. The number of H-pyrrole nitrogens is 1. The van der Waals surface area contributed by atoms with Crippen LogP contribution in [0, 0.1) is 11.8 Å². The molecule has 2 aromatic rings. The second-order valence-corrected chi connectivity index (χ2v) is 4.87. The Morgan fingerprint density at radius 2 is 2.33 bits per heavy atom. The summed E-state index contributed by atoms with van der Waals surface area (Å²) in [6.07, 6.45) is 1.75. The summed E-state index contributed by atoms with van der Waals surface area (Å²) in [7, 11) is 0. The summed E-state index contributed by atoms with van der Waals surface area (Å²) in [6, 6.07) is 5.75. The monoisotopic (exact) mass is 244 g/mol. The van der Waals surface area contributed by atoms with Crippen molar-refractivity contribution in [3.63, 3.8) is 0 Å². The van der Waals surface area contributed by atoms with E-state index in [-0.39, 0.29) is 11.8 Å². The van der Waals surface area contributed by atoms with E-state index in [0.29, 0.717) is 5.92 Å². The highest BCUT2D eigenvalue weighted by Gasteiger charge is 2.28. The van der Waals surface area contributed by atoms with Crippen LogP contribution in [-0.4, -0.2) is 29.2 Å². The molecular formula is C13H16N4O. The molecule has 0 spiro atoms. The van der Waals surface area contributed by atoms with Gasteiger partial charge >= 0.3 is 0 Å². The Kier molecular flexibility index (Phi) is 2.76. The number of amides is 1. The molecule has 5 nitrogen and oxygen atoms in total. The molecule has 2 heterocycles. The van der Waals surface area contributed by atoms with Crippen molar-refractivity contribution in [1.29, 1.82) is 0 Å². The summed E-state index contributed by atoms with van der Waals surface area (Å²) in [5.41, 5.74) is 1.80. The van der Waals surface area contributed by atoms with Gasteiger partial charge in [0.1, 0.15) is 0 Å². The van der Waals surface area contributed by atoms with Gasteiger partial charge in [0.25, 0.3) is 0 Å². The molecule has 1 unspecified atom stereocenters. The van der Waals surface area contributed by atoms with Crippen LogP contribution in [0.2, 0.25) is 0 Å². The number of carbonyl (C=O) groups excluding carboxylic acids is 1. The molecule has 18 heavy (non-hydrogen) atoms. The second kappa shape index (κ2) is 4.42. The van der Waals surface area contributed by atoms with E-state index < -0.39 is 0 Å². The first-order chi connectivity index (χ1) is 8.74. The summed E-state index contributed by atoms with van der Waals surface area (Å²) in [6.45, 7) is 3.86. The number of carbonyl (C=O) groups is 1. The zero-order valence-electron chi connectivity index (χ0n) is 10.2. The van der Waals surface area contributed by atoms with Gasteiger partial charge in [-0.05, 0) is 37.2 Å². The fraction of sp³-hybridized carbons (Fsp3) is 0.385. The lowest BCUT2D eigenvalue weighted by Crippen LogP contribution is -2.48. The molecule has 94 valence electrons. The highest BCUT2D eigenvalue weighted by atomic mass is 16.1. The molecule has 0 bridgehead atoms. The Hall–Kier alpha value is -1.88. The van der Waals surface area contributed by atoms with Gasteiger partial charge in [-0.3, -0.25) is 9.89 Å². The van der Waals surface area contributed by atoms with Crippen molar-refractivity contribution in [1.82, 2.24) is 15.5 Å². The minimum atomic E-state index is 0.0475. The number of fused-ring (bicyclic) bond motifs is 1. The largest absolute Gasteiger partial charge is 0.326 e. The van der Waals surface area contributed by atoms with E-state index in [1.807, 2.05) is 25.1 Å². The third-order valence-corrected chi connectivity index (χ3v) is 3.64. The predicted octanol–water partition coefficient (Wildman–Crippen LogP) is 1.36. The van der Waals surface area contributed by atoms with Gasteiger partial charge in [0.15, 0.2) is 0 Å². The van der Waals surface area contributed by atoms with Crippen molar-refractivity contribution in [3.05, 3.63) is 24.4 Å². The van der Waals surface area contributed by atoms with Gasteiger partial charge < -0.3 is 10.6 Å². The van der Waals surface area contributed by atoms with Gasteiger partial charge in [-0.2, -0.15) is 5.10 Å². The number of aromatic amines is 1. The summed E-state index contributed by atoms with van der Waals surface area (Å²) in [5.74, 6) is 0.596. The van der Waals surface area contributed by atoms with E-state index in [0.717, 1.165) is 29.7 Å². The third-order valence-electron chi connectivity index (χ3n) is 3.64. The summed E-state index contributed by atoms with van der Waals surface area (Å²) in [5, 5.41) is 14.0. The van der Waals surface area contributed by atoms with E-state index in [9.17, 15) is 4.79 Å². The highest BCUT2D eigenvalue weighted by molar-refractivity contribution is 5.94. The number of benzene rings is 1. The highest BCUT2D eigenvalue weighted by Crippen LogP contribution is 2.20. The molecule has 1 aliphatic rings. The van der Waals surface area contributed by atoms with Gasteiger partial charge in [-0.1, -0.05) is 6.92 Å². The van der Waals surface area contributed by atoms with Crippen LogP contribution in [0.4, 0.5) is 5.69 Å². The number of aromatic nitrogens is 2. The first-order valence-electron chi connectivity index (χ1n) is 6.19. The van der Waals surface area contributed by atoms with E-state index in [1.54, 1.807) is 6.20 Å². The van der Waals surface area contributed by atoms with Crippen molar-refractivity contribution < 1.29 is 4.79 Å². The van der Waals surface area contributed by atoms with E-state index in [2.05, 4.69) is 20.8 Å². The molecule has 1 aromatic heterocycles. The molecular weight excluding hydrogens is 228 g/mol. The average Bonchev–Trinajstić information content (AvgIpc) is 2.73. The molecule has 0 radical (unpaired) electrons. The van der Waals surface area contributed by atoms with Crippen LogP contribution in [-0.2, 0) is 4.79 Å². The normalized spacial score (nSPS) is 17.4. The zero-order valence-corrected chi connectivity index (χ0v) is 10.2. The van der Waals surface area contributed by atoms with Crippen molar-refractivity contribution in [2.75, 3.05) is 18.4 Å². The number of rotatable bonds is 3. The Morgan fingerprint density at radius 3 is 3.06 bits per heavy atom. The molecule has 1 aliphatic heterocycles. The summed E-state index contributed by atoms with van der Waals surface area (Å²) in [4.78, 5) is 12.1. The molecule has 1 fully saturated rings. The second-order valence-electron chi connectivity index (χ2n) is 4.87. The maximum atomic E-state index is 12.1. The molecule has 1 atom stereocenters. The van der Waals surface area contributed by atoms with Crippen LogP contribution < -0.4 is 10.6 Å². The Morgan fingerprint density at radius 1 is 1.50 bits per heavy atom. The molecule has 1 amide bonds. The molecule has 3 N–H and O–H groups in total. The standard InChI is InChI=1S/C13H16N4O/c1-8(10-5-14-6-10)13(18)16-11-2-3-12-9(4-11)7-15-17-12/h2-4,7-8,10,14H,5-6H2,1H3,(H,15,17)(H,16,18). The first kappa shape index (κ1) is 11.2. The number of hydrogen-bond acceptors (Lipinski definition) is 3. The van der Waals surface area contributed by atoms with Crippen LogP contribution >= 0.6 is 0 Å². The average molecular weight is 244 g/mol.